The van der Waals surface area contributed by atoms with Crippen molar-refractivity contribution < 1.29 is 14.3 Å². The molecule has 2 N–H and O–H groups in total. The zero-order valence-electron chi connectivity index (χ0n) is 14.6. The maximum atomic E-state index is 12.7. The molecule has 134 valence electrons. The van der Waals surface area contributed by atoms with E-state index in [0.29, 0.717) is 17.2 Å². The molecule has 1 aromatic heterocycles. The lowest BCUT2D eigenvalue weighted by molar-refractivity contribution is 0.0214. The Morgan fingerprint density at radius 2 is 1.92 bits per heavy atom. The van der Waals surface area contributed by atoms with Crippen molar-refractivity contribution in [2.24, 2.45) is 0 Å². The minimum absolute atomic E-state index is 0.0261. The van der Waals surface area contributed by atoms with E-state index in [1.807, 2.05) is 29.6 Å². The Bertz CT molecular complexity index is 702. The van der Waals surface area contributed by atoms with E-state index in [0.717, 1.165) is 49.0 Å². The standard InChI is InChI=1S/C20H25NO3S/c1-2-12-23-15-10-8-14(9-11-15)17-13-25-19(21)18(17)20(22)24-16-6-4-3-5-7-16/h8-11,13,16H,2-7,12,21H2,1H3. The van der Waals surface area contributed by atoms with Gasteiger partial charge in [-0.15, -0.1) is 11.3 Å². The Morgan fingerprint density at radius 1 is 1.20 bits per heavy atom. The maximum Gasteiger partial charge on any atom is 0.342 e. The number of esters is 1. The highest BCUT2D eigenvalue weighted by Gasteiger charge is 2.24. The lowest BCUT2D eigenvalue weighted by Crippen LogP contribution is -2.21. The molecule has 2 aromatic rings. The quantitative estimate of drug-likeness (QED) is 0.713. The van der Waals surface area contributed by atoms with Gasteiger partial charge in [0.2, 0.25) is 0 Å². The molecule has 1 aliphatic rings. The largest absolute Gasteiger partial charge is 0.494 e. The van der Waals surface area contributed by atoms with Crippen molar-refractivity contribution in [3.63, 3.8) is 0 Å². The summed E-state index contributed by atoms with van der Waals surface area (Å²) in [6, 6.07) is 7.78. The predicted octanol–water partition coefficient (Wildman–Crippen LogP) is 5.28. The van der Waals surface area contributed by atoms with Crippen LogP contribution in [0, 0.1) is 0 Å². The van der Waals surface area contributed by atoms with Crippen molar-refractivity contribution in [2.45, 2.75) is 51.6 Å². The molecule has 0 amide bonds. The first-order valence-corrected chi connectivity index (χ1v) is 9.88. The summed E-state index contributed by atoms with van der Waals surface area (Å²) in [6.07, 6.45) is 6.39. The molecular weight excluding hydrogens is 334 g/mol. The van der Waals surface area contributed by atoms with Crippen LogP contribution < -0.4 is 10.5 Å². The van der Waals surface area contributed by atoms with Crippen LogP contribution >= 0.6 is 11.3 Å². The van der Waals surface area contributed by atoms with E-state index >= 15 is 0 Å². The molecule has 1 saturated carbocycles. The number of anilines is 1. The van der Waals surface area contributed by atoms with Crippen LogP contribution in [0.15, 0.2) is 29.6 Å². The molecule has 3 rings (SSSR count). The summed E-state index contributed by atoms with van der Waals surface area (Å²) >= 11 is 1.38. The molecule has 5 heteroatoms. The van der Waals surface area contributed by atoms with Crippen molar-refractivity contribution >= 4 is 22.3 Å². The summed E-state index contributed by atoms with van der Waals surface area (Å²) in [5.41, 5.74) is 8.36. The Morgan fingerprint density at radius 3 is 2.60 bits per heavy atom. The number of ether oxygens (including phenoxy) is 2. The van der Waals surface area contributed by atoms with Gasteiger partial charge in [0.15, 0.2) is 0 Å². The topological polar surface area (TPSA) is 61.5 Å². The highest BCUT2D eigenvalue weighted by atomic mass is 32.1. The van der Waals surface area contributed by atoms with Crippen molar-refractivity contribution in [1.82, 2.24) is 0 Å². The summed E-state index contributed by atoms with van der Waals surface area (Å²) in [7, 11) is 0. The van der Waals surface area contributed by atoms with Crippen LogP contribution in [0.4, 0.5) is 5.00 Å². The van der Waals surface area contributed by atoms with Gasteiger partial charge in [0.1, 0.15) is 22.4 Å². The van der Waals surface area contributed by atoms with Crippen molar-refractivity contribution in [2.75, 3.05) is 12.3 Å². The number of carbonyl (C=O) groups excluding carboxylic acids is 1. The van der Waals surface area contributed by atoms with E-state index in [1.54, 1.807) is 0 Å². The summed E-state index contributed by atoms with van der Waals surface area (Å²) in [5.74, 6) is 0.534. The van der Waals surface area contributed by atoms with Gasteiger partial charge < -0.3 is 15.2 Å². The minimum Gasteiger partial charge on any atom is -0.494 e. The first kappa shape index (κ1) is 17.8. The van der Waals surface area contributed by atoms with Crippen LogP contribution in [-0.2, 0) is 4.74 Å². The van der Waals surface area contributed by atoms with Gasteiger partial charge >= 0.3 is 5.97 Å². The molecule has 0 unspecified atom stereocenters. The molecule has 1 heterocycles. The van der Waals surface area contributed by atoms with E-state index in [1.165, 1.54) is 17.8 Å². The van der Waals surface area contributed by atoms with E-state index in [4.69, 9.17) is 15.2 Å². The number of hydrogen-bond donors (Lipinski definition) is 1. The molecule has 1 aliphatic carbocycles. The van der Waals surface area contributed by atoms with Gasteiger partial charge in [-0.1, -0.05) is 25.5 Å². The molecule has 0 atom stereocenters. The van der Waals surface area contributed by atoms with E-state index < -0.39 is 0 Å². The number of thiophene rings is 1. The first-order valence-electron chi connectivity index (χ1n) is 9.00. The molecule has 0 saturated heterocycles. The highest BCUT2D eigenvalue weighted by molar-refractivity contribution is 7.14. The molecule has 1 fully saturated rings. The average molecular weight is 359 g/mol. The fourth-order valence-corrected chi connectivity index (χ4v) is 3.95. The van der Waals surface area contributed by atoms with Crippen LogP contribution in [0.25, 0.3) is 11.1 Å². The Kier molecular flexibility index (Phi) is 5.97. The molecule has 0 radical (unpaired) electrons. The van der Waals surface area contributed by atoms with Crippen molar-refractivity contribution in [1.29, 1.82) is 0 Å². The molecule has 0 spiro atoms. The summed E-state index contributed by atoms with van der Waals surface area (Å²) in [5, 5.41) is 2.44. The third kappa shape index (κ3) is 4.34. The van der Waals surface area contributed by atoms with E-state index in [-0.39, 0.29) is 12.1 Å². The van der Waals surface area contributed by atoms with Gasteiger partial charge in [0.25, 0.3) is 0 Å². The maximum absolute atomic E-state index is 12.7. The fourth-order valence-electron chi connectivity index (χ4n) is 3.14. The number of nitrogen functional groups attached to an aromatic ring is 1. The van der Waals surface area contributed by atoms with Gasteiger partial charge in [-0.25, -0.2) is 4.79 Å². The number of nitrogens with two attached hydrogens (primary N) is 1. The van der Waals surface area contributed by atoms with Crippen LogP contribution in [0.5, 0.6) is 5.75 Å². The Hall–Kier alpha value is -2.01. The van der Waals surface area contributed by atoms with Gasteiger partial charge in [-0.05, 0) is 49.8 Å². The van der Waals surface area contributed by atoms with Gasteiger partial charge in [-0.2, -0.15) is 0 Å². The van der Waals surface area contributed by atoms with Crippen molar-refractivity contribution in [3.8, 4) is 16.9 Å². The number of rotatable bonds is 6. The predicted molar refractivity (Wildman–Crippen MR) is 102 cm³/mol. The molecule has 4 nitrogen and oxygen atoms in total. The SMILES string of the molecule is CCCOc1ccc(-c2csc(N)c2C(=O)OC2CCCCC2)cc1. The second kappa shape index (κ2) is 8.39. The number of hydrogen-bond acceptors (Lipinski definition) is 5. The average Bonchev–Trinajstić information content (AvgIpc) is 3.03. The molecule has 1 aromatic carbocycles. The third-order valence-corrected chi connectivity index (χ3v) is 5.30. The summed E-state index contributed by atoms with van der Waals surface area (Å²) < 4.78 is 11.3. The normalized spacial score (nSPS) is 15.1. The lowest BCUT2D eigenvalue weighted by Gasteiger charge is -2.22. The molecule has 25 heavy (non-hydrogen) atoms. The number of carbonyl (C=O) groups is 1. The van der Waals surface area contributed by atoms with E-state index in [9.17, 15) is 4.79 Å². The fraction of sp³-hybridized carbons (Fsp3) is 0.450. The van der Waals surface area contributed by atoms with Gasteiger partial charge in [0, 0.05) is 10.9 Å². The van der Waals surface area contributed by atoms with Crippen LogP contribution in [-0.4, -0.2) is 18.7 Å². The Labute approximate surface area is 153 Å². The molecule has 0 bridgehead atoms. The zero-order chi connectivity index (χ0) is 17.6. The highest BCUT2D eigenvalue weighted by Crippen LogP contribution is 2.35. The van der Waals surface area contributed by atoms with Crippen LogP contribution in [0.1, 0.15) is 55.8 Å². The third-order valence-electron chi connectivity index (χ3n) is 4.49. The second-order valence-electron chi connectivity index (χ2n) is 6.43. The van der Waals surface area contributed by atoms with E-state index in [2.05, 4.69) is 6.92 Å². The van der Waals surface area contributed by atoms with Crippen LogP contribution in [0.3, 0.4) is 0 Å². The summed E-state index contributed by atoms with van der Waals surface area (Å²) in [6.45, 7) is 2.77. The monoisotopic (exact) mass is 359 g/mol. The zero-order valence-corrected chi connectivity index (χ0v) is 15.4. The second-order valence-corrected chi connectivity index (χ2v) is 7.34. The Balaban J connectivity index is 1.77. The van der Waals surface area contributed by atoms with Crippen molar-refractivity contribution in [3.05, 3.63) is 35.2 Å². The molecule has 0 aliphatic heterocycles. The molecular formula is C20H25NO3S. The number of benzene rings is 1. The first-order chi connectivity index (χ1) is 12.2. The minimum atomic E-state index is -0.299. The van der Waals surface area contributed by atoms with Crippen LogP contribution in [0.2, 0.25) is 0 Å². The van der Waals surface area contributed by atoms with Gasteiger partial charge in [0.05, 0.1) is 6.61 Å². The summed E-state index contributed by atoms with van der Waals surface area (Å²) in [4.78, 5) is 12.7. The smallest absolute Gasteiger partial charge is 0.342 e. The van der Waals surface area contributed by atoms with Gasteiger partial charge in [-0.3, -0.25) is 0 Å². The lowest BCUT2D eigenvalue weighted by atomic mass is 9.97.